The predicted molar refractivity (Wildman–Crippen MR) is 102 cm³/mol. The molecule has 140 valence electrons. The van der Waals surface area contributed by atoms with Gasteiger partial charge in [-0.2, -0.15) is 0 Å². The van der Waals surface area contributed by atoms with Crippen molar-refractivity contribution in [3.63, 3.8) is 0 Å². The minimum absolute atomic E-state index is 0.147. The van der Waals surface area contributed by atoms with Crippen LogP contribution in [0.5, 0.6) is 0 Å². The molecule has 2 aromatic rings. The summed E-state index contributed by atoms with van der Waals surface area (Å²) in [7, 11) is 0. The van der Waals surface area contributed by atoms with Gasteiger partial charge >= 0.3 is 0 Å². The van der Waals surface area contributed by atoms with Crippen molar-refractivity contribution in [2.75, 3.05) is 39.3 Å². The highest BCUT2D eigenvalue weighted by Crippen LogP contribution is 2.10. The topological polar surface area (TPSA) is 65.4 Å². The number of benzene rings is 1. The Hall–Kier alpha value is -2.25. The highest BCUT2D eigenvalue weighted by atomic mass is 19.1. The average molecular weight is 359 g/mol. The van der Waals surface area contributed by atoms with Crippen LogP contribution in [-0.4, -0.2) is 60.2 Å². The molecule has 1 aromatic heterocycles. The number of aliphatic imine (C=N–C) groups is 1. The summed E-state index contributed by atoms with van der Waals surface area (Å²) >= 11 is 0. The van der Waals surface area contributed by atoms with Gasteiger partial charge < -0.3 is 5.32 Å². The van der Waals surface area contributed by atoms with E-state index in [2.05, 4.69) is 27.2 Å². The third-order valence-electron chi connectivity index (χ3n) is 4.57. The molecule has 0 radical (unpaired) electrons. The lowest BCUT2D eigenvalue weighted by molar-refractivity contribution is 0.248. The zero-order chi connectivity index (χ0) is 18.4. The first-order chi connectivity index (χ1) is 12.7. The molecule has 1 aromatic carbocycles. The quantitative estimate of drug-likeness (QED) is 0.738. The lowest BCUT2D eigenvalue weighted by Crippen LogP contribution is -2.44. The van der Waals surface area contributed by atoms with Crippen molar-refractivity contribution in [3.05, 3.63) is 51.7 Å². The monoisotopic (exact) mass is 359 g/mol. The summed E-state index contributed by atoms with van der Waals surface area (Å²) < 4.78 is 14.6. The maximum atomic E-state index is 13.1. The number of nitrogens with one attached hydrogen (secondary N) is 2. The number of piperazine rings is 1. The van der Waals surface area contributed by atoms with Gasteiger partial charge in [0.2, 0.25) is 0 Å². The summed E-state index contributed by atoms with van der Waals surface area (Å²) in [5.41, 5.74) is 1.93. The van der Waals surface area contributed by atoms with Gasteiger partial charge in [0.1, 0.15) is 5.82 Å². The van der Waals surface area contributed by atoms with Gasteiger partial charge in [0.25, 0.3) is 5.56 Å². The first-order valence-electron chi connectivity index (χ1n) is 9.21. The van der Waals surface area contributed by atoms with Gasteiger partial charge in [-0.25, -0.2) is 9.07 Å². The maximum Gasteiger partial charge on any atom is 0.280 e. The van der Waals surface area contributed by atoms with Gasteiger partial charge in [-0.1, -0.05) is 13.3 Å². The van der Waals surface area contributed by atoms with Crippen molar-refractivity contribution >= 4 is 6.21 Å². The second kappa shape index (κ2) is 8.91. The van der Waals surface area contributed by atoms with Crippen molar-refractivity contribution < 1.29 is 4.39 Å². The molecular formula is C19H26FN5O. The molecule has 3 rings (SSSR count). The molecule has 0 unspecified atom stereocenters. The highest BCUT2D eigenvalue weighted by Gasteiger charge is 2.13. The zero-order valence-electron chi connectivity index (χ0n) is 15.2. The van der Waals surface area contributed by atoms with Crippen LogP contribution in [0.3, 0.4) is 0 Å². The zero-order valence-corrected chi connectivity index (χ0v) is 15.2. The first kappa shape index (κ1) is 18.5. The average Bonchev–Trinajstić information content (AvgIpc) is 2.96. The number of aryl methyl sites for hydroxylation is 1. The second-order valence-electron chi connectivity index (χ2n) is 6.50. The Kier molecular flexibility index (Phi) is 6.35. The van der Waals surface area contributed by atoms with Crippen LogP contribution in [0.1, 0.15) is 24.6 Å². The maximum absolute atomic E-state index is 13.1. The van der Waals surface area contributed by atoms with Crippen LogP contribution >= 0.6 is 0 Å². The lowest BCUT2D eigenvalue weighted by Gasteiger charge is -2.26. The van der Waals surface area contributed by atoms with E-state index < -0.39 is 0 Å². The Labute approximate surface area is 152 Å². The fraction of sp³-hybridized carbons (Fsp3) is 0.474. The summed E-state index contributed by atoms with van der Waals surface area (Å²) in [6.45, 7) is 7.76. The molecule has 6 nitrogen and oxygen atoms in total. The second-order valence-corrected chi connectivity index (χ2v) is 6.50. The number of nitrogens with zero attached hydrogens (tertiary/aromatic N) is 3. The molecule has 2 heterocycles. The van der Waals surface area contributed by atoms with Crippen LogP contribution in [0, 0.1) is 5.82 Å². The van der Waals surface area contributed by atoms with Crippen molar-refractivity contribution in [2.45, 2.75) is 19.8 Å². The molecule has 0 atom stereocenters. The fourth-order valence-corrected chi connectivity index (χ4v) is 3.13. The molecule has 0 spiro atoms. The van der Waals surface area contributed by atoms with Crippen LogP contribution in [0.4, 0.5) is 4.39 Å². The van der Waals surface area contributed by atoms with Gasteiger partial charge in [-0.3, -0.25) is 19.8 Å². The molecule has 26 heavy (non-hydrogen) atoms. The summed E-state index contributed by atoms with van der Waals surface area (Å²) in [5, 5.41) is 6.48. The summed E-state index contributed by atoms with van der Waals surface area (Å²) in [5.74, 6) is -0.322. The predicted octanol–water partition coefficient (Wildman–Crippen LogP) is 1.58. The van der Waals surface area contributed by atoms with E-state index in [-0.39, 0.29) is 11.4 Å². The van der Waals surface area contributed by atoms with Crippen LogP contribution in [0.25, 0.3) is 5.69 Å². The van der Waals surface area contributed by atoms with E-state index in [1.807, 2.05) is 0 Å². The molecule has 1 aliphatic heterocycles. The fourth-order valence-electron chi connectivity index (χ4n) is 3.13. The van der Waals surface area contributed by atoms with E-state index in [9.17, 15) is 9.18 Å². The number of hydrogen-bond donors (Lipinski definition) is 2. The summed E-state index contributed by atoms with van der Waals surface area (Å²) in [4.78, 5) is 19.6. The Morgan fingerprint density at radius 3 is 2.65 bits per heavy atom. The molecule has 0 saturated carbocycles. The Morgan fingerprint density at radius 1 is 1.23 bits per heavy atom. The largest absolute Gasteiger partial charge is 0.314 e. The van der Waals surface area contributed by atoms with Gasteiger partial charge in [-0.15, -0.1) is 0 Å². The van der Waals surface area contributed by atoms with Crippen LogP contribution in [-0.2, 0) is 6.42 Å². The number of hydrogen-bond acceptors (Lipinski definition) is 4. The van der Waals surface area contributed by atoms with Crippen molar-refractivity contribution in [1.82, 2.24) is 20.0 Å². The standard InChI is InChI=1S/C19H26FN5O/c1-2-3-18-17(14-22-10-13-24-11-8-21-9-12-24)19(26)25(23-18)16-6-4-15(20)5-7-16/h4-7,14,21,23H,2-3,8-13H2,1H3. The lowest BCUT2D eigenvalue weighted by atomic mass is 10.2. The summed E-state index contributed by atoms with van der Waals surface area (Å²) in [6.07, 6.45) is 3.37. The number of aromatic nitrogens is 2. The van der Waals surface area contributed by atoms with Crippen LogP contribution in [0.15, 0.2) is 34.1 Å². The number of aromatic amines is 1. The highest BCUT2D eigenvalue weighted by molar-refractivity contribution is 5.80. The van der Waals surface area contributed by atoms with Crippen molar-refractivity contribution in [1.29, 1.82) is 0 Å². The number of rotatable bonds is 7. The molecule has 0 aliphatic carbocycles. The first-order valence-corrected chi connectivity index (χ1v) is 9.21. The molecule has 0 bridgehead atoms. The minimum atomic E-state index is -0.322. The smallest absolute Gasteiger partial charge is 0.280 e. The van der Waals surface area contributed by atoms with Crippen LogP contribution in [0.2, 0.25) is 0 Å². The number of halogens is 1. The SMILES string of the molecule is CCCc1[nH]n(-c2ccc(F)cc2)c(=O)c1C=NCCN1CCNCC1. The van der Waals surface area contributed by atoms with Gasteiger partial charge in [0, 0.05) is 44.6 Å². The Morgan fingerprint density at radius 2 is 1.96 bits per heavy atom. The number of H-pyrrole nitrogens is 1. The van der Waals surface area contributed by atoms with Gasteiger partial charge in [0.15, 0.2) is 0 Å². The van der Waals surface area contributed by atoms with E-state index in [4.69, 9.17) is 0 Å². The molecule has 1 aliphatic rings. The van der Waals surface area contributed by atoms with Gasteiger partial charge in [0.05, 0.1) is 17.8 Å². The van der Waals surface area contributed by atoms with Gasteiger partial charge in [-0.05, 0) is 30.7 Å². The van der Waals surface area contributed by atoms with E-state index in [1.165, 1.54) is 16.8 Å². The Bertz CT molecular complexity index is 787. The molecule has 1 saturated heterocycles. The normalized spacial score (nSPS) is 15.8. The summed E-state index contributed by atoms with van der Waals surface area (Å²) in [6, 6.07) is 5.88. The molecule has 2 N–H and O–H groups in total. The van der Waals surface area contributed by atoms with E-state index in [1.54, 1.807) is 18.3 Å². The molecule has 7 heteroatoms. The van der Waals surface area contributed by atoms with Crippen molar-refractivity contribution in [3.8, 4) is 5.69 Å². The molecule has 0 amide bonds. The third-order valence-corrected chi connectivity index (χ3v) is 4.57. The van der Waals surface area contributed by atoms with E-state index in [0.717, 1.165) is 51.3 Å². The Balaban J connectivity index is 1.75. The van der Waals surface area contributed by atoms with E-state index >= 15 is 0 Å². The molecular weight excluding hydrogens is 333 g/mol. The minimum Gasteiger partial charge on any atom is -0.314 e. The molecule has 1 fully saturated rings. The van der Waals surface area contributed by atoms with E-state index in [0.29, 0.717) is 17.8 Å². The van der Waals surface area contributed by atoms with Crippen LogP contribution < -0.4 is 10.9 Å². The van der Waals surface area contributed by atoms with Crippen molar-refractivity contribution in [2.24, 2.45) is 4.99 Å². The third kappa shape index (κ3) is 4.47.